The molecule has 0 atom stereocenters. The maximum atomic E-state index is 5.45. The molecule has 168 valence electrons. The van der Waals surface area contributed by atoms with Crippen LogP contribution in [0.5, 0.6) is 11.5 Å². The minimum Gasteiger partial charge on any atom is -0.494 e. The van der Waals surface area contributed by atoms with Gasteiger partial charge in [-0.05, 0) is 42.5 Å². The molecule has 0 saturated carbocycles. The summed E-state index contributed by atoms with van der Waals surface area (Å²) in [6.45, 7) is 6.00. The number of nitrogens with one attached hydrogen (secondary N) is 1. The second-order valence-corrected chi connectivity index (χ2v) is 7.01. The number of ether oxygens (including phenoxy) is 3. The van der Waals surface area contributed by atoms with Gasteiger partial charge in [-0.1, -0.05) is 50.2 Å². The van der Waals surface area contributed by atoms with E-state index >= 15 is 0 Å². The molecule has 0 aliphatic carbocycles. The lowest BCUT2D eigenvalue weighted by Crippen LogP contribution is -2.04. The van der Waals surface area contributed by atoms with Crippen LogP contribution in [0.2, 0.25) is 0 Å². The Kier molecular flexibility index (Phi) is 11.3. The van der Waals surface area contributed by atoms with Crippen molar-refractivity contribution in [3.05, 3.63) is 60.4 Å². The van der Waals surface area contributed by atoms with Crippen LogP contribution in [0.3, 0.4) is 0 Å². The number of methoxy groups -OCH3 is 2. The van der Waals surface area contributed by atoms with E-state index in [1.807, 2.05) is 54.8 Å². The quantitative estimate of drug-likeness (QED) is 0.491. The summed E-state index contributed by atoms with van der Waals surface area (Å²) < 4.78 is 20.9. The Morgan fingerprint density at radius 2 is 1.61 bits per heavy atom. The summed E-state index contributed by atoms with van der Waals surface area (Å²) in [6, 6.07) is 15.9. The summed E-state index contributed by atoms with van der Waals surface area (Å²) in [7, 11) is 3.25. The largest absolute Gasteiger partial charge is 0.494 e. The number of hydrogen-bond acceptors (Lipinski definition) is 7. The number of para-hydroxylation sites is 1. The third-order valence-corrected chi connectivity index (χ3v) is 5.07. The molecule has 0 unspecified atom stereocenters. The van der Waals surface area contributed by atoms with Crippen LogP contribution in [0.15, 0.2) is 54.9 Å². The van der Waals surface area contributed by atoms with Gasteiger partial charge in [-0.15, -0.1) is 10.2 Å². The molecule has 2 heterocycles. The van der Waals surface area contributed by atoms with E-state index in [1.54, 1.807) is 32.5 Å². The average Bonchev–Trinajstić information content (AvgIpc) is 3.56. The summed E-state index contributed by atoms with van der Waals surface area (Å²) in [5.41, 5.74) is 1.99. The van der Waals surface area contributed by atoms with Crippen LogP contribution < -0.4 is 14.2 Å². The fourth-order valence-corrected chi connectivity index (χ4v) is 3.51. The van der Waals surface area contributed by atoms with Crippen molar-refractivity contribution in [3.63, 3.8) is 0 Å². The Bertz CT molecular complexity index is 840. The van der Waals surface area contributed by atoms with E-state index in [0.717, 1.165) is 24.7 Å². The van der Waals surface area contributed by atoms with Crippen molar-refractivity contribution >= 4 is 17.9 Å². The number of benzene rings is 2. The zero-order valence-electron chi connectivity index (χ0n) is 18.7. The van der Waals surface area contributed by atoms with E-state index in [0.29, 0.717) is 17.4 Å². The molecule has 1 N–H and O–H groups in total. The summed E-state index contributed by atoms with van der Waals surface area (Å²) in [4.78, 5) is 0. The molecule has 1 aliphatic rings. The van der Waals surface area contributed by atoms with Gasteiger partial charge in [0.1, 0.15) is 23.5 Å². The average molecular weight is 445 g/mol. The molecule has 8 heteroatoms. The van der Waals surface area contributed by atoms with Gasteiger partial charge < -0.3 is 14.2 Å². The van der Waals surface area contributed by atoms with E-state index in [9.17, 15) is 0 Å². The van der Waals surface area contributed by atoms with Gasteiger partial charge in [0.05, 0.1) is 14.2 Å². The van der Waals surface area contributed by atoms with Gasteiger partial charge in [0.15, 0.2) is 0 Å². The number of aromatic nitrogens is 3. The molecular weight excluding hydrogens is 412 g/mol. The summed E-state index contributed by atoms with van der Waals surface area (Å²) in [5.74, 6) is 2.80. The molecule has 4 rings (SSSR count). The van der Waals surface area contributed by atoms with Gasteiger partial charge in [0.2, 0.25) is 5.95 Å². The second kappa shape index (κ2) is 14.3. The Labute approximate surface area is 189 Å². The van der Waals surface area contributed by atoms with Crippen molar-refractivity contribution < 1.29 is 14.2 Å². The minimum atomic E-state index is 0.610. The van der Waals surface area contributed by atoms with Gasteiger partial charge >= 0.3 is 0 Å². The zero-order chi connectivity index (χ0) is 22.3. The van der Waals surface area contributed by atoms with Crippen LogP contribution in [0, 0.1) is 0 Å². The maximum absolute atomic E-state index is 5.45. The SMILES string of the molecule is C1CCOC1.CC.COc1cccc(OC)c1-n1cnnc1NSCc1ccccc1. The first kappa shape index (κ1) is 24.6. The molecule has 3 aromatic rings. The summed E-state index contributed by atoms with van der Waals surface area (Å²) in [5, 5.41) is 8.15. The van der Waals surface area contributed by atoms with Crippen LogP contribution in [0.4, 0.5) is 5.95 Å². The molecular formula is C23H32N4O3S. The van der Waals surface area contributed by atoms with Crippen molar-refractivity contribution in [2.24, 2.45) is 0 Å². The molecule has 7 nitrogen and oxygen atoms in total. The number of anilines is 1. The lowest BCUT2D eigenvalue weighted by Gasteiger charge is -2.15. The molecule has 2 aromatic carbocycles. The fraction of sp³-hybridized carbons (Fsp3) is 0.391. The lowest BCUT2D eigenvalue weighted by molar-refractivity contribution is 0.198. The Morgan fingerprint density at radius 3 is 2.16 bits per heavy atom. The van der Waals surface area contributed by atoms with Crippen molar-refractivity contribution in [2.75, 3.05) is 32.2 Å². The highest BCUT2D eigenvalue weighted by Gasteiger charge is 2.16. The molecule has 0 amide bonds. The molecule has 0 bridgehead atoms. The highest BCUT2D eigenvalue weighted by Crippen LogP contribution is 2.34. The van der Waals surface area contributed by atoms with Crippen molar-refractivity contribution in [3.8, 4) is 17.2 Å². The van der Waals surface area contributed by atoms with Gasteiger partial charge in [0, 0.05) is 19.0 Å². The van der Waals surface area contributed by atoms with Gasteiger partial charge in [0.25, 0.3) is 0 Å². The Hall–Kier alpha value is -2.71. The third-order valence-electron chi connectivity index (χ3n) is 4.26. The zero-order valence-corrected chi connectivity index (χ0v) is 19.5. The molecule has 0 radical (unpaired) electrons. The summed E-state index contributed by atoms with van der Waals surface area (Å²) >= 11 is 1.54. The highest BCUT2D eigenvalue weighted by molar-refractivity contribution is 7.99. The van der Waals surface area contributed by atoms with Crippen LogP contribution in [-0.4, -0.2) is 42.2 Å². The first-order chi connectivity index (χ1) is 15.3. The van der Waals surface area contributed by atoms with E-state index in [4.69, 9.17) is 14.2 Å². The monoisotopic (exact) mass is 444 g/mol. The summed E-state index contributed by atoms with van der Waals surface area (Å²) in [6.07, 6.45) is 4.19. The lowest BCUT2D eigenvalue weighted by atomic mass is 10.2. The minimum absolute atomic E-state index is 0.610. The molecule has 1 fully saturated rings. The predicted octanol–water partition coefficient (Wildman–Crippen LogP) is 5.37. The normalized spacial score (nSPS) is 12.1. The smallest absolute Gasteiger partial charge is 0.239 e. The number of rotatable bonds is 7. The van der Waals surface area contributed by atoms with E-state index in [2.05, 4.69) is 27.1 Å². The van der Waals surface area contributed by atoms with Crippen molar-refractivity contribution in [2.45, 2.75) is 32.4 Å². The standard InChI is InChI=1S/C17H18N4O2S.C4H8O.C2H6/c1-22-14-9-6-10-15(23-2)16(14)21-12-18-19-17(21)20-24-11-13-7-4-3-5-8-13;1-2-4-5-3-1;1-2/h3-10,12H,11H2,1-2H3,(H,19,20);1-4H2;1-2H3. The Morgan fingerprint density at radius 1 is 0.968 bits per heavy atom. The van der Waals surface area contributed by atoms with Gasteiger partial charge in [-0.25, -0.2) is 0 Å². The highest BCUT2D eigenvalue weighted by atomic mass is 32.2. The van der Waals surface area contributed by atoms with E-state index in [-0.39, 0.29) is 0 Å². The molecule has 1 saturated heterocycles. The molecule has 0 spiro atoms. The maximum Gasteiger partial charge on any atom is 0.239 e. The van der Waals surface area contributed by atoms with Crippen LogP contribution in [0.1, 0.15) is 32.3 Å². The third kappa shape index (κ3) is 7.48. The van der Waals surface area contributed by atoms with Gasteiger partial charge in [-0.2, -0.15) is 0 Å². The fourth-order valence-electron chi connectivity index (χ4n) is 2.81. The molecule has 1 aromatic heterocycles. The van der Waals surface area contributed by atoms with Crippen LogP contribution in [-0.2, 0) is 10.5 Å². The first-order valence-corrected chi connectivity index (χ1v) is 11.4. The Balaban J connectivity index is 0.000000420. The van der Waals surface area contributed by atoms with E-state index in [1.165, 1.54) is 18.4 Å². The molecule has 31 heavy (non-hydrogen) atoms. The second-order valence-electron chi connectivity index (χ2n) is 6.23. The molecule has 1 aliphatic heterocycles. The van der Waals surface area contributed by atoms with Crippen LogP contribution in [0.25, 0.3) is 5.69 Å². The number of nitrogens with zero attached hydrogens (tertiary/aromatic N) is 3. The first-order valence-electron chi connectivity index (χ1n) is 10.4. The van der Waals surface area contributed by atoms with Crippen molar-refractivity contribution in [1.29, 1.82) is 0 Å². The predicted molar refractivity (Wildman–Crippen MR) is 127 cm³/mol. The number of hydrogen-bond donors (Lipinski definition) is 1. The van der Waals surface area contributed by atoms with Gasteiger partial charge in [-0.3, -0.25) is 9.29 Å². The van der Waals surface area contributed by atoms with Crippen molar-refractivity contribution in [1.82, 2.24) is 14.8 Å². The topological polar surface area (TPSA) is 70.4 Å². The van der Waals surface area contributed by atoms with E-state index < -0.39 is 0 Å². The van der Waals surface area contributed by atoms with Crippen LogP contribution >= 0.6 is 11.9 Å².